The summed E-state index contributed by atoms with van der Waals surface area (Å²) < 4.78 is 7.03. The summed E-state index contributed by atoms with van der Waals surface area (Å²) in [4.78, 5) is 38.7. The zero-order valence-corrected chi connectivity index (χ0v) is 19.2. The molecule has 2 amide bonds. The Bertz CT molecular complexity index is 1250. The Morgan fingerprint density at radius 3 is 2.62 bits per heavy atom. The van der Waals surface area contributed by atoms with Crippen LogP contribution in [-0.2, 0) is 20.9 Å². The molecular weight excluding hydrogens is 448 g/mol. The predicted octanol–water partition coefficient (Wildman–Crippen LogP) is 5.33. The highest BCUT2D eigenvalue weighted by Gasteiger charge is 2.41. The smallest absolute Gasteiger partial charge is 0.329 e. The Hall–Kier alpha value is -3.03. The summed E-state index contributed by atoms with van der Waals surface area (Å²) in [6.07, 6.45) is 3.64. The maximum Gasteiger partial charge on any atom is 0.329 e. The standard InChI is InChI=1S/C24H21ClN2O4S/c1-3-31-23(29)15(2)27-22(28)21(32-24(27)30)12-17-14-26(20-11-7-5-9-18(17)20)13-16-8-4-6-10-19(16)25/h4-12,14-15H,3,13H2,1-2H3/b21-12+/t15-/m0/s1. The summed E-state index contributed by atoms with van der Waals surface area (Å²) in [6, 6.07) is 14.5. The molecule has 0 spiro atoms. The second kappa shape index (κ2) is 9.22. The molecule has 1 aliphatic heterocycles. The maximum absolute atomic E-state index is 12.9. The fourth-order valence-electron chi connectivity index (χ4n) is 3.65. The molecule has 6 nitrogen and oxygen atoms in total. The van der Waals surface area contributed by atoms with Crippen molar-refractivity contribution >= 4 is 57.5 Å². The van der Waals surface area contributed by atoms with Crippen molar-refractivity contribution in [2.24, 2.45) is 0 Å². The van der Waals surface area contributed by atoms with Gasteiger partial charge in [-0.1, -0.05) is 48.0 Å². The van der Waals surface area contributed by atoms with Crippen molar-refractivity contribution in [2.75, 3.05) is 6.61 Å². The van der Waals surface area contributed by atoms with Crippen LogP contribution >= 0.6 is 23.4 Å². The van der Waals surface area contributed by atoms with E-state index in [2.05, 4.69) is 4.57 Å². The van der Waals surface area contributed by atoms with E-state index in [0.29, 0.717) is 11.6 Å². The molecule has 8 heteroatoms. The Balaban J connectivity index is 1.69. The van der Waals surface area contributed by atoms with Crippen molar-refractivity contribution in [3.8, 4) is 0 Å². The molecule has 0 radical (unpaired) electrons. The molecule has 0 N–H and O–H groups in total. The highest BCUT2D eigenvalue weighted by Crippen LogP contribution is 2.35. The zero-order valence-electron chi connectivity index (χ0n) is 17.6. The molecule has 1 saturated heterocycles. The number of imide groups is 1. The Kier molecular flexibility index (Phi) is 6.39. The van der Waals surface area contributed by atoms with Crippen molar-refractivity contribution in [3.63, 3.8) is 0 Å². The van der Waals surface area contributed by atoms with Gasteiger partial charge in [0.15, 0.2) is 0 Å². The predicted molar refractivity (Wildman–Crippen MR) is 126 cm³/mol. The number of carbonyl (C=O) groups excluding carboxylic acids is 3. The summed E-state index contributed by atoms with van der Waals surface area (Å²) in [7, 11) is 0. The van der Waals surface area contributed by atoms with Gasteiger partial charge in [-0.05, 0) is 49.4 Å². The van der Waals surface area contributed by atoms with Gasteiger partial charge in [-0.25, -0.2) is 4.79 Å². The lowest BCUT2D eigenvalue weighted by molar-refractivity contribution is -0.150. The third-order valence-electron chi connectivity index (χ3n) is 5.24. The first kappa shape index (κ1) is 22.2. The fraction of sp³-hybridized carbons (Fsp3) is 0.208. The van der Waals surface area contributed by atoms with Gasteiger partial charge in [0.1, 0.15) is 6.04 Å². The summed E-state index contributed by atoms with van der Waals surface area (Å²) in [5, 5.41) is 1.15. The molecule has 32 heavy (non-hydrogen) atoms. The molecule has 0 saturated carbocycles. The first-order valence-corrected chi connectivity index (χ1v) is 11.3. The van der Waals surface area contributed by atoms with Crippen LogP contribution in [-0.4, -0.2) is 39.2 Å². The maximum atomic E-state index is 12.9. The van der Waals surface area contributed by atoms with Gasteiger partial charge in [-0.2, -0.15) is 0 Å². The molecule has 2 aromatic carbocycles. The fourth-order valence-corrected chi connectivity index (χ4v) is 4.75. The molecule has 1 aromatic heterocycles. The monoisotopic (exact) mass is 468 g/mol. The SMILES string of the molecule is CCOC(=O)[C@H](C)N1C(=O)S/C(=C/c2cn(Cc3ccccc3Cl)c3ccccc23)C1=O. The van der Waals surface area contributed by atoms with Gasteiger partial charge in [0.05, 0.1) is 11.5 Å². The van der Waals surface area contributed by atoms with E-state index in [9.17, 15) is 14.4 Å². The van der Waals surface area contributed by atoms with Crippen LogP contribution in [0, 0.1) is 0 Å². The van der Waals surface area contributed by atoms with E-state index in [1.807, 2.05) is 54.7 Å². The molecule has 2 heterocycles. The van der Waals surface area contributed by atoms with Gasteiger partial charge in [0.2, 0.25) is 0 Å². The summed E-state index contributed by atoms with van der Waals surface area (Å²) >= 11 is 7.17. The summed E-state index contributed by atoms with van der Waals surface area (Å²) in [6.45, 7) is 3.92. The van der Waals surface area contributed by atoms with E-state index in [1.54, 1.807) is 13.0 Å². The van der Waals surface area contributed by atoms with Gasteiger partial charge in [-0.3, -0.25) is 14.5 Å². The van der Waals surface area contributed by atoms with Crippen LogP contribution in [0.1, 0.15) is 25.0 Å². The van der Waals surface area contributed by atoms with Crippen molar-refractivity contribution < 1.29 is 19.1 Å². The lowest BCUT2D eigenvalue weighted by Crippen LogP contribution is -2.42. The molecule has 1 fully saturated rings. The number of benzene rings is 2. The quantitative estimate of drug-likeness (QED) is 0.361. The second-order valence-electron chi connectivity index (χ2n) is 7.30. The first-order chi connectivity index (χ1) is 15.4. The van der Waals surface area contributed by atoms with E-state index in [0.717, 1.165) is 38.7 Å². The number of esters is 1. The lowest BCUT2D eigenvalue weighted by Gasteiger charge is -2.19. The topological polar surface area (TPSA) is 68.6 Å². The van der Waals surface area contributed by atoms with Gasteiger partial charge in [-0.15, -0.1) is 0 Å². The van der Waals surface area contributed by atoms with Crippen LogP contribution in [0.5, 0.6) is 0 Å². The molecule has 164 valence electrons. The molecule has 0 unspecified atom stereocenters. The molecule has 0 aliphatic carbocycles. The number of nitrogens with zero attached hydrogens (tertiary/aromatic N) is 2. The van der Waals surface area contributed by atoms with Crippen LogP contribution in [0.25, 0.3) is 17.0 Å². The zero-order chi connectivity index (χ0) is 22.8. The van der Waals surface area contributed by atoms with E-state index in [4.69, 9.17) is 16.3 Å². The Labute approximate surface area is 194 Å². The van der Waals surface area contributed by atoms with Crippen LogP contribution in [0.3, 0.4) is 0 Å². The molecule has 3 aromatic rings. The third kappa shape index (κ3) is 4.18. The molecular formula is C24H21ClN2O4S. The largest absolute Gasteiger partial charge is 0.464 e. The summed E-state index contributed by atoms with van der Waals surface area (Å²) in [5.74, 6) is -1.10. The molecule has 1 aliphatic rings. The first-order valence-electron chi connectivity index (χ1n) is 10.2. The minimum Gasteiger partial charge on any atom is -0.464 e. The minimum absolute atomic E-state index is 0.181. The number of thioether (sulfide) groups is 1. The number of hydrogen-bond acceptors (Lipinski definition) is 5. The van der Waals surface area contributed by atoms with E-state index in [-0.39, 0.29) is 11.5 Å². The number of carbonyl (C=O) groups is 3. The van der Waals surface area contributed by atoms with Crippen molar-refractivity contribution in [1.82, 2.24) is 9.47 Å². The lowest BCUT2D eigenvalue weighted by atomic mass is 10.1. The highest BCUT2D eigenvalue weighted by atomic mass is 35.5. The number of amides is 2. The average Bonchev–Trinajstić information content (AvgIpc) is 3.26. The molecule has 1 atom stereocenters. The van der Waals surface area contributed by atoms with Gasteiger partial charge in [0, 0.05) is 34.2 Å². The number of hydrogen-bond donors (Lipinski definition) is 0. The van der Waals surface area contributed by atoms with E-state index >= 15 is 0 Å². The number of ether oxygens (including phenoxy) is 1. The number of fused-ring (bicyclic) bond motifs is 1. The third-order valence-corrected chi connectivity index (χ3v) is 6.50. The van der Waals surface area contributed by atoms with Gasteiger partial charge < -0.3 is 9.30 Å². The Morgan fingerprint density at radius 2 is 1.88 bits per heavy atom. The van der Waals surface area contributed by atoms with Crippen LogP contribution in [0.2, 0.25) is 5.02 Å². The Morgan fingerprint density at radius 1 is 1.16 bits per heavy atom. The van der Waals surface area contributed by atoms with Crippen molar-refractivity contribution in [2.45, 2.75) is 26.4 Å². The van der Waals surface area contributed by atoms with Crippen LogP contribution in [0.4, 0.5) is 4.79 Å². The number of halogens is 1. The highest BCUT2D eigenvalue weighted by molar-refractivity contribution is 8.18. The average molecular weight is 469 g/mol. The number of aromatic nitrogens is 1. The summed E-state index contributed by atoms with van der Waals surface area (Å²) in [5.41, 5.74) is 2.77. The van der Waals surface area contributed by atoms with Gasteiger partial charge >= 0.3 is 5.97 Å². The van der Waals surface area contributed by atoms with Crippen LogP contribution in [0.15, 0.2) is 59.6 Å². The van der Waals surface area contributed by atoms with Crippen molar-refractivity contribution in [1.29, 1.82) is 0 Å². The van der Waals surface area contributed by atoms with E-state index < -0.39 is 23.2 Å². The molecule has 4 rings (SSSR count). The van der Waals surface area contributed by atoms with Gasteiger partial charge in [0.25, 0.3) is 11.1 Å². The number of rotatable bonds is 6. The normalized spacial score (nSPS) is 16.2. The van der Waals surface area contributed by atoms with E-state index in [1.165, 1.54) is 6.92 Å². The van der Waals surface area contributed by atoms with Crippen molar-refractivity contribution in [3.05, 3.63) is 75.8 Å². The molecule has 0 bridgehead atoms. The number of para-hydroxylation sites is 1. The minimum atomic E-state index is -0.977. The second-order valence-corrected chi connectivity index (χ2v) is 8.70. The van der Waals surface area contributed by atoms with Crippen LogP contribution < -0.4 is 0 Å².